The van der Waals surface area contributed by atoms with Crippen LogP contribution in [0.15, 0.2) is 36.4 Å². The SMILES string of the molecule is Clc1cc2c(c3sc(Nc4ccccc4)nc13)OCCO2. The zero-order valence-electron chi connectivity index (χ0n) is 10.9. The second-order valence-corrected chi connectivity index (χ2v) is 5.98. The lowest BCUT2D eigenvalue weighted by molar-refractivity contribution is 0.174. The van der Waals surface area contributed by atoms with Crippen LogP contribution in [0.1, 0.15) is 0 Å². The zero-order valence-corrected chi connectivity index (χ0v) is 12.5. The van der Waals surface area contributed by atoms with E-state index in [-0.39, 0.29) is 0 Å². The smallest absolute Gasteiger partial charge is 0.188 e. The van der Waals surface area contributed by atoms with Gasteiger partial charge in [0.2, 0.25) is 0 Å². The molecule has 0 bridgehead atoms. The Morgan fingerprint density at radius 1 is 1.14 bits per heavy atom. The Bertz CT molecular complexity index is 804. The van der Waals surface area contributed by atoms with Crippen molar-refractivity contribution in [2.45, 2.75) is 0 Å². The molecule has 21 heavy (non-hydrogen) atoms. The van der Waals surface area contributed by atoms with Gasteiger partial charge in [-0.05, 0) is 12.1 Å². The summed E-state index contributed by atoms with van der Waals surface area (Å²) in [6, 6.07) is 11.7. The van der Waals surface area contributed by atoms with E-state index in [4.69, 9.17) is 21.1 Å². The van der Waals surface area contributed by atoms with Gasteiger partial charge in [0.05, 0.1) is 5.02 Å². The number of nitrogens with one attached hydrogen (secondary N) is 1. The highest BCUT2D eigenvalue weighted by Crippen LogP contribution is 2.45. The fourth-order valence-corrected chi connectivity index (χ4v) is 3.53. The maximum atomic E-state index is 6.29. The van der Waals surface area contributed by atoms with Crippen molar-refractivity contribution < 1.29 is 9.47 Å². The van der Waals surface area contributed by atoms with Crippen LogP contribution >= 0.6 is 22.9 Å². The first-order valence-electron chi connectivity index (χ1n) is 6.52. The summed E-state index contributed by atoms with van der Waals surface area (Å²) in [5.74, 6) is 1.42. The van der Waals surface area contributed by atoms with Gasteiger partial charge in [-0.2, -0.15) is 0 Å². The predicted molar refractivity (Wildman–Crippen MR) is 85.3 cm³/mol. The number of fused-ring (bicyclic) bond motifs is 3. The van der Waals surface area contributed by atoms with Crippen molar-refractivity contribution in [3.8, 4) is 11.5 Å². The van der Waals surface area contributed by atoms with Gasteiger partial charge in [-0.1, -0.05) is 41.1 Å². The second kappa shape index (κ2) is 5.09. The summed E-state index contributed by atoms with van der Waals surface area (Å²) in [4.78, 5) is 4.56. The minimum atomic E-state index is 0.544. The summed E-state index contributed by atoms with van der Waals surface area (Å²) in [6.45, 7) is 1.09. The van der Waals surface area contributed by atoms with Crippen molar-refractivity contribution in [2.24, 2.45) is 0 Å². The van der Waals surface area contributed by atoms with Gasteiger partial charge in [0.25, 0.3) is 0 Å². The first-order chi connectivity index (χ1) is 10.3. The molecular formula is C15H11ClN2O2S. The van der Waals surface area contributed by atoms with Gasteiger partial charge >= 0.3 is 0 Å². The molecule has 106 valence electrons. The average molecular weight is 319 g/mol. The average Bonchev–Trinajstić information content (AvgIpc) is 2.93. The van der Waals surface area contributed by atoms with Crippen molar-refractivity contribution in [3.63, 3.8) is 0 Å². The third kappa shape index (κ3) is 2.28. The van der Waals surface area contributed by atoms with Crippen molar-refractivity contribution in [3.05, 3.63) is 41.4 Å². The summed E-state index contributed by atoms with van der Waals surface area (Å²) in [6.07, 6.45) is 0. The molecule has 0 fully saturated rings. The third-order valence-corrected chi connectivity index (χ3v) is 4.41. The Balaban J connectivity index is 1.80. The van der Waals surface area contributed by atoms with Gasteiger partial charge in [0.15, 0.2) is 16.6 Å². The molecule has 6 heteroatoms. The quantitative estimate of drug-likeness (QED) is 0.757. The predicted octanol–water partition coefficient (Wildman–Crippen LogP) is 4.46. The van der Waals surface area contributed by atoms with Crippen LogP contribution in [0.3, 0.4) is 0 Å². The topological polar surface area (TPSA) is 43.4 Å². The van der Waals surface area contributed by atoms with Gasteiger partial charge in [0.1, 0.15) is 23.4 Å². The van der Waals surface area contributed by atoms with Crippen LogP contribution in [0.5, 0.6) is 11.5 Å². The Morgan fingerprint density at radius 3 is 2.81 bits per heavy atom. The highest BCUT2D eigenvalue weighted by molar-refractivity contribution is 7.22. The first-order valence-corrected chi connectivity index (χ1v) is 7.71. The molecule has 1 N–H and O–H groups in total. The fourth-order valence-electron chi connectivity index (χ4n) is 2.23. The lowest BCUT2D eigenvalue weighted by atomic mass is 10.3. The van der Waals surface area contributed by atoms with Gasteiger partial charge < -0.3 is 14.8 Å². The van der Waals surface area contributed by atoms with E-state index in [1.54, 1.807) is 6.07 Å². The highest BCUT2D eigenvalue weighted by Gasteiger charge is 2.21. The molecule has 0 aliphatic carbocycles. The van der Waals surface area contributed by atoms with Crippen molar-refractivity contribution in [1.82, 2.24) is 4.98 Å². The standard InChI is InChI=1S/C15H11ClN2O2S/c16-10-8-11-13(20-7-6-19-11)14-12(10)18-15(21-14)17-9-4-2-1-3-5-9/h1-5,8H,6-7H2,(H,17,18). The molecular weight excluding hydrogens is 308 g/mol. The van der Waals surface area contributed by atoms with Crippen LogP contribution < -0.4 is 14.8 Å². The van der Waals surface area contributed by atoms with Crippen molar-refractivity contribution in [2.75, 3.05) is 18.5 Å². The van der Waals surface area contributed by atoms with Crippen molar-refractivity contribution in [1.29, 1.82) is 0 Å². The molecule has 0 unspecified atom stereocenters. The molecule has 4 nitrogen and oxygen atoms in total. The number of thiazole rings is 1. The number of halogens is 1. The molecule has 0 spiro atoms. The normalized spacial score (nSPS) is 13.4. The van der Waals surface area contributed by atoms with Crippen LogP contribution in [0.4, 0.5) is 10.8 Å². The summed E-state index contributed by atoms with van der Waals surface area (Å²) in [5.41, 5.74) is 1.73. The zero-order chi connectivity index (χ0) is 14.2. The van der Waals surface area contributed by atoms with E-state index in [0.29, 0.717) is 24.0 Å². The van der Waals surface area contributed by atoms with Crippen LogP contribution in [0.25, 0.3) is 10.2 Å². The molecule has 2 aromatic carbocycles. The number of hydrogen-bond donors (Lipinski definition) is 1. The van der Waals surface area contributed by atoms with E-state index >= 15 is 0 Å². The first kappa shape index (κ1) is 12.7. The molecule has 3 aromatic rings. The summed E-state index contributed by atoms with van der Waals surface area (Å²) >= 11 is 7.80. The van der Waals surface area contributed by atoms with E-state index < -0.39 is 0 Å². The van der Waals surface area contributed by atoms with Crippen LogP contribution in [0, 0.1) is 0 Å². The minimum absolute atomic E-state index is 0.544. The molecule has 0 amide bonds. The molecule has 1 aliphatic heterocycles. The molecule has 0 saturated carbocycles. The lowest BCUT2D eigenvalue weighted by Gasteiger charge is -2.18. The monoisotopic (exact) mass is 318 g/mol. The van der Waals surface area contributed by atoms with E-state index in [1.807, 2.05) is 30.3 Å². The number of benzene rings is 2. The third-order valence-electron chi connectivity index (χ3n) is 3.15. The molecule has 1 aromatic heterocycles. The molecule has 0 radical (unpaired) electrons. The summed E-state index contributed by atoms with van der Waals surface area (Å²) in [7, 11) is 0. The largest absolute Gasteiger partial charge is 0.486 e. The summed E-state index contributed by atoms with van der Waals surface area (Å²) < 4.78 is 12.2. The number of rotatable bonds is 2. The number of aromatic nitrogens is 1. The number of anilines is 2. The number of hydrogen-bond acceptors (Lipinski definition) is 5. The van der Waals surface area contributed by atoms with Gasteiger partial charge in [-0.15, -0.1) is 0 Å². The maximum absolute atomic E-state index is 6.29. The molecule has 0 atom stereocenters. The van der Waals surface area contributed by atoms with Crippen LogP contribution in [-0.2, 0) is 0 Å². The van der Waals surface area contributed by atoms with Gasteiger partial charge in [0, 0.05) is 11.8 Å². The molecule has 4 rings (SSSR count). The maximum Gasteiger partial charge on any atom is 0.188 e. The Labute approximate surface area is 130 Å². The molecule has 2 heterocycles. The fraction of sp³-hybridized carbons (Fsp3) is 0.133. The van der Waals surface area contributed by atoms with Crippen LogP contribution in [0.2, 0.25) is 5.02 Å². The molecule has 1 aliphatic rings. The Morgan fingerprint density at radius 2 is 1.95 bits per heavy atom. The van der Waals surface area contributed by atoms with Gasteiger partial charge in [-0.25, -0.2) is 4.98 Å². The second-order valence-electron chi connectivity index (χ2n) is 4.57. The number of para-hydroxylation sites is 1. The van der Waals surface area contributed by atoms with E-state index in [9.17, 15) is 0 Å². The van der Waals surface area contributed by atoms with E-state index in [2.05, 4.69) is 10.3 Å². The Kier molecular flexibility index (Phi) is 3.09. The van der Waals surface area contributed by atoms with E-state index in [1.165, 1.54) is 11.3 Å². The van der Waals surface area contributed by atoms with Crippen molar-refractivity contribution >= 4 is 44.0 Å². The van der Waals surface area contributed by atoms with Gasteiger partial charge in [-0.3, -0.25) is 0 Å². The Hall–Kier alpha value is -1.98. The minimum Gasteiger partial charge on any atom is -0.486 e. The number of ether oxygens (including phenoxy) is 2. The number of nitrogens with zero attached hydrogens (tertiary/aromatic N) is 1. The molecule has 0 saturated heterocycles. The van der Waals surface area contributed by atoms with E-state index in [0.717, 1.165) is 26.8 Å². The highest BCUT2D eigenvalue weighted by atomic mass is 35.5. The van der Waals surface area contributed by atoms with Crippen LogP contribution in [-0.4, -0.2) is 18.2 Å². The summed E-state index contributed by atoms with van der Waals surface area (Å²) in [5, 5.41) is 4.63. The lowest BCUT2D eigenvalue weighted by Crippen LogP contribution is -2.15.